The van der Waals surface area contributed by atoms with Gasteiger partial charge in [0.05, 0.1) is 17.6 Å². The summed E-state index contributed by atoms with van der Waals surface area (Å²) in [5.74, 6) is 2.42. The maximum atomic E-state index is 13.2. The third kappa shape index (κ3) is 3.13. The molecule has 0 radical (unpaired) electrons. The lowest BCUT2D eigenvalue weighted by atomic mass is 9.82. The molecule has 0 N–H and O–H groups in total. The summed E-state index contributed by atoms with van der Waals surface area (Å²) in [5.41, 5.74) is 0.598. The highest BCUT2D eigenvalue weighted by Gasteiger charge is 2.42. The lowest BCUT2D eigenvalue weighted by Gasteiger charge is -2.30. The van der Waals surface area contributed by atoms with Crippen LogP contribution in [0.25, 0.3) is 0 Å². The molecule has 22 heavy (non-hydrogen) atoms. The summed E-state index contributed by atoms with van der Waals surface area (Å²) in [5, 5.41) is 0. The maximum absolute atomic E-state index is 13.2. The van der Waals surface area contributed by atoms with Gasteiger partial charge in [-0.25, -0.2) is 4.98 Å². The van der Waals surface area contributed by atoms with Crippen molar-refractivity contribution < 1.29 is 4.79 Å². The largest absolute Gasteiger partial charge is 0.325 e. The van der Waals surface area contributed by atoms with Crippen molar-refractivity contribution in [3.8, 4) is 0 Å². The minimum Gasteiger partial charge on any atom is -0.325 e. The van der Waals surface area contributed by atoms with Crippen LogP contribution in [0.15, 0.2) is 12.5 Å². The number of aromatic nitrogens is 2. The molecule has 2 aliphatic carbocycles. The van der Waals surface area contributed by atoms with Crippen LogP contribution < -0.4 is 0 Å². The van der Waals surface area contributed by atoms with Gasteiger partial charge in [0, 0.05) is 12.1 Å². The predicted octanol–water partition coefficient (Wildman–Crippen LogP) is 4.36. The van der Waals surface area contributed by atoms with Crippen molar-refractivity contribution in [1.82, 2.24) is 9.55 Å². The highest BCUT2D eigenvalue weighted by molar-refractivity contribution is 5.88. The number of rotatable bonds is 4. The number of carbonyl (C=O) groups excluding carboxylic acids is 1. The van der Waals surface area contributed by atoms with Crippen molar-refractivity contribution in [2.75, 3.05) is 0 Å². The van der Waals surface area contributed by atoms with Crippen LogP contribution >= 0.6 is 0 Å². The monoisotopic (exact) mass is 302 g/mol. The number of ketones is 1. The molecular formula is C19H30N2O. The summed E-state index contributed by atoms with van der Waals surface area (Å²) < 4.78 is 2.03. The second kappa shape index (κ2) is 6.17. The highest BCUT2D eigenvalue weighted by atomic mass is 16.1. The van der Waals surface area contributed by atoms with Gasteiger partial charge in [-0.05, 0) is 51.4 Å². The number of hydrogen-bond acceptors (Lipinski definition) is 2. The van der Waals surface area contributed by atoms with Crippen LogP contribution in [0.4, 0.5) is 0 Å². The van der Waals surface area contributed by atoms with Gasteiger partial charge in [-0.15, -0.1) is 0 Å². The third-order valence-electron chi connectivity index (χ3n) is 5.90. The summed E-state index contributed by atoms with van der Waals surface area (Å²) in [6, 6.07) is 0. The Balaban J connectivity index is 1.74. The molecule has 2 saturated carbocycles. The average molecular weight is 302 g/mol. The van der Waals surface area contributed by atoms with E-state index in [2.05, 4.69) is 25.8 Å². The van der Waals surface area contributed by atoms with Crippen LogP contribution in [0.3, 0.4) is 0 Å². The van der Waals surface area contributed by atoms with Gasteiger partial charge in [-0.3, -0.25) is 4.79 Å². The number of nitrogens with zero attached hydrogens (tertiary/aromatic N) is 2. The standard InChI is InChI=1S/C19H30N2O/c1-4-17-12-21(13-20-17)19(2,3)18(22)15-9-7-5-6-8-14-10-16(14)11-15/h12-16H,4-11H2,1-3H3. The molecule has 1 aromatic rings. The van der Waals surface area contributed by atoms with Crippen molar-refractivity contribution in [1.29, 1.82) is 0 Å². The first-order valence-corrected chi connectivity index (χ1v) is 9.10. The molecule has 1 aromatic heterocycles. The van der Waals surface area contributed by atoms with Gasteiger partial charge in [0.15, 0.2) is 5.78 Å². The lowest BCUT2D eigenvalue weighted by Crippen LogP contribution is -2.39. The van der Waals surface area contributed by atoms with E-state index in [9.17, 15) is 4.79 Å². The van der Waals surface area contributed by atoms with Gasteiger partial charge in [0.1, 0.15) is 0 Å². The Bertz CT molecular complexity index is 531. The van der Waals surface area contributed by atoms with E-state index < -0.39 is 5.54 Å². The third-order valence-corrected chi connectivity index (χ3v) is 5.90. The van der Waals surface area contributed by atoms with E-state index in [1.807, 2.05) is 17.1 Å². The Morgan fingerprint density at radius 3 is 2.73 bits per heavy atom. The molecule has 0 spiro atoms. The van der Waals surface area contributed by atoms with Gasteiger partial charge >= 0.3 is 0 Å². The second-order valence-electron chi connectivity index (χ2n) is 7.88. The van der Waals surface area contributed by atoms with Crippen LogP contribution in [-0.4, -0.2) is 15.3 Å². The molecule has 3 atom stereocenters. The van der Waals surface area contributed by atoms with E-state index in [0.29, 0.717) is 5.78 Å². The molecule has 0 amide bonds. The molecule has 2 fully saturated rings. The zero-order valence-corrected chi connectivity index (χ0v) is 14.3. The van der Waals surface area contributed by atoms with Gasteiger partial charge in [-0.1, -0.05) is 32.6 Å². The van der Waals surface area contributed by atoms with Crippen LogP contribution in [0.2, 0.25) is 0 Å². The van der Waals surface area contributed by atoms with E-state index in [4.69, 9.17) is 0 Å². The van der Waals surface area contributed by atoms with E-state index in [1.165, 1.54) is 32.1 Å². The van der Waals surface area contributed by atoms with Crippen LogP contribution in [0, 0.1) is 17.8 Å². The van der Waals surface area contributed by atoms with E-state index >= 15 is 0 Å². The molecule has 122 valence electrons. The Hall–Kier alpha value is -1.12. The molecule has 0 saturated heterocycles. The van der Waals surface area contributed by atoms with E-state index in [0.717, 1.165) is 36.8 Å². The Kier molecular flexibility index (Phi) is 4.42. The first kappa shape index (κ1) is 15.8. The first-order chi connectivity index (χ1) is 10.5. The number of hydrogen-bond donors (Lipinski definition) is 0. The summed E-state index contributed by atoms with van der Waals surface area (Å²) in [6.07, 6.45) is 13.7. The van der Waals surface area contributed by atoms with Crippen LogP contribution in [0.5, 0.6) is 0 Å². The molecule has 0 aliphatic heterocycles. The van der Waals surface area contributed by atoms with Gasteiger partial charge < -0.3 is 4.57 Å². The van der Waals surface area contributed by atoms with E-state index in [1.54, 1.807) is 0 Å². The summed E-state index contributed by atoms with van der Waals surface area (Å²) in [6.45, 7) is 6.23. The fourth-order valence-electron chi connectivity index (χ4n) is 4.13. The lowest BCUT2D eigenvalue weighted by molar-refractivity contribution is -0.131. The first-order valence-electron chi connectivity index (χ1n) is 9.10. The Morgan fingerprint density at radius 2 is 2.00 bits per heavy atom. The molecule has 3 heteroatoms. The zero-order chi connectivity index (χ0) is 15.7. The van der Waals surface area contributed by atoms with Gasteiger partial charge in [-0.2, -0.15) is 0 Å². The number of imidazole rings is 1. The smallest absolute Gasteiger partial charge is 0.161 e. The van der Waals surface area contributed by atoms with Gasteiger partial charge in [0.25, 0.3) is 0 Å². The zero-order valence-electron chi connectivity index (χ0n) is 14.3. The molecule has 1 heterocycles. The predicted molar refractivity (Wildman–Crippen MR) is 88.7 cm³/mol. The van der Waals surface area contributed by atoms with Crippen molar-refractivity contribution in [3.63, 3.8) is 0 Å². The maximum Gasteiger partial charge on any atom is 0.161 e. The Labute approximate surface area is 134 Å². The summed E-state index contributed by atoms with van der Waals surface area (Å²) >= 11 is 0. The number of Topliss-reactive ketones (excluding diaryl/α,β-unsaturated/α-hetero) is 1. The minimum absolute atomic E-state index is 0.246. The van der Waals surface area contributed by atoms with Crippen molar-refractivity contribution in [2.45, 2.75) is 77.7 Å². The van der Waals surface area contributed by atoms with Crippen molar-refractivity contribution in [2.24, 2.45) is 17.8 Å². The quantitative estimate of drug-likeness (QED) is 0.828. The van der Waals surface area contributed by atoms with E-state index in [-0.39, 0.29) is 5.92 Å². The minimum atomic E-state index is -0.469. The molecule has 3 nitrogen and oxygen atoms in total. The van der Waals surface area contributed by atoms with Gasteiger partial charge in [0.2, 0.25) is 0 Å². The fraction of sp³-hybridized carbons (Fsp3) is 0.789. The normalized spacial score (nSPS) is 29.1. The number of aryl methyl sites for hydroxylation is 1. The molecule has 0 aromatic carbocycles. The SMILES string of the molecule is CCc1cn(C(C)(C)C(=O)C2CCCCCC3CC3C2)cn1. The Morgan fingerprint density at radius 1 is 1.23 bits per heavy atom. The molecule has 3 unspecified atom stereocenters. The molecule has 3 rings (SSSR count). The highest BCUT2D eigenvalue weighted by Crippen LogP contribution is 2.48. The molecular weight excluding hydrogens is 272 g/mol. The van der Waals surface area contributed by atoms with Crippen molar-refractivity contribution >= 4 is 5.78 Å². The van der Waals surface area contributed by atoms with Crippen molar-refractivity contribution in [3.05, 3.63) is 18.2 Å². The fourth-order valence-corrected chi connectivity index (χ4v) is 4.13. The van der Waals surface area contributed by atoms with Crippen LogP contribution in [-0.2, 0) is 16.8 Å². The van der Waals surface area contributed by atoms with Crippen LogP contribution in [0.1, 0.15) is 71.4 Å². The number of carbonyl (C=O) groups is 1. The number of fused-ring (bicyclic) bond motifs is 1. The second-order valence-corrected chi connectivity index (χ2v) is 7.88. The topological polar surface area (TPSA) is 34.9 Å². The summed E-state index contributed by atoms with van der Waals surface area (Å²) in [7, 11) is 0. The summed E-state index contributed by atoms with van der Waals surface area (Å²) in [4.78, 5) is 17.6. The molecule has 2 aliphatic rings. The average Bonchev–Trinajstić information content (AvgIpc) is 3.04. The molecule has 0 bridgehead atoms.